The molecule has 0 radical (unpaired) electrons. The van der Waals surface area contributed by atoms with Crippen LogP contribution in [0, 0.1) is 0 Å². The number of carbonyl (C=O) groups excluding carboxylic acids is 1. The minimum absolute atomic E-state index is 0.165. The molecule has 0 saturated heterocycles. The second-order valence-corrected chi connectivity index (χ2v) is 3.47. The van der Waals surface area contributed by atoms with E-state index < -0.39 is 0 Å². The zero-order valence-electron chi connectivity index (χ0n) is 9.32. The number of Topliss-reactive ketones (excluding diaryl/α,β-unsaturated/α-hetero) is 1. The van der Waals surface area contributed by atoms with E-state index >= 15 is 0 Å². The highest BCUT2D eigenvalue weighted by molar-refractivity contribution is 5.95. The van der Waals surface area contributed by atoms with Crippen LogP contribution in [-0.4, -0.2) is 17.9 Å². The number of methoxy groups -OCH3 is 1. The van der Waals surface area contributed by atoms with Crippen molar-refractivity contribution in [3.05, 3.63) is 23.9 Å². The molecule has 0 fully saturated rings. The van der Waals surface area contributed by atoms with Crippen molar-refractivity contribution < 1.29 is 9.53 Å². The Morgan fingerprint density at radius 1 is 1.40 bits per heavy atom. The Kier molecular flexibility index (Phi) is 4.81. The number of carbonyl (C=O) groups is 1. The van der Waals surface area contributed by atoms with Gasteiger partial charge in [-0.2, -0.15) is 0 Å². The SMILES string of the molecule is CCCCCC(=O)c1ccc(OC)nc1. The highest BCUT2D eigenvalue weighted by atomic mass is 16.5. The molecular formula is C12H17NO2. The molecule has 0 N–H and O–H groups in total. The predicted molar refractivity (Wildman–Crippen MR) is 59.3 cm³/mol. The van der Waals surface area contributed by atoms with E-state index in [1.54, 1.807) is 25.4 Å². The van der Waals surface area contributed by atoms with Gasteiger partial charge in [0.1, 0.15) is 0 Å². The summed E-state index contributed by atoms with van der Waals surface area (Å²) in [4.78, 5) is 15.6. The average Bonchev–Trinajstić information content (AvgIpc) is 2.29. The molecule has 0 aliphatic heterocycles. The number of ether oxygens (including phenoxy) is 1. The summed E-state index contributed by atoms with van der Waals surface area (Å²) in [5, 5.41) is 0. The number of hydrogen-bond acceptors (Lipinski definition) is 3. The van der Waals surface area contributed by atoms with Gasteiger partial charge < -0.3 is 4.74 Å². The number of rotatable bonds is 6. The minimum atomic E-state index is 0.165. The van der Waals surface area contributed by atoms with Crippen LogP contribution in [0.5, 0.6) is 5.88 Å². The van der Waals surface area contributed by atoms with E-state index in [2.05, 4.69) is 11.9 Å². The average molecular weight is 207 g/mol. The number of hydrogen-bond donors (Lipinski definition) is 0. The first-order valence-corrected chi connectivity index (χ1v) is 5.31. The Hall–Kier alpha value is -1.38. The maximum atomic E-state index is 11.6. The molecule has 0 spiro atoms. The molecule has 1 heterocycles. The highest BCUT2D eigenvalue weighted by Crippen LogP contribution is 2.10. The quantitative estimate of drug-likeness (QED) is 0.532. The Morgan fingerprint density at radius 3 is 2.73 bits per heavy atom. The van der Waals surface area contributed by atoms with Crippen molar-refractivity contribution in [2.75, 3.05) is 7.11 Å². The van der Waals surface area contributed by atoms with Gasteiger partial charge in [-0.05, 0) is 12.5 Å². The van der Waals surface area contributed by atoms with Crippen LogP contribution in [0.15, 0.2) is 18.3 Å². The number of nitrogens with zero attached hydrogens (tertiary/aromatic N) is 1. The van der Waals surface area contributed by atoms with Gasteiger partial charge in [-0.25, -0.2) is 4.98 Å². The molecule has 0 aliphatic rings. The summed E-state index contributed by atoms with van der Waals surface area (Å²) in [7, 11) is 1.56. The van der Waals surface area contributed by atoms with Crippen molar-refractivity contribution in [1.82, 2.24) is 4.98 Å². The van der Waals surface area contributed by atoms with Crippen LogP contribution in [-0.2, 0) is 0 Å². The maximum Gasteiger partial charge on any atom is 0.212 e. The van der Waals surface area contributed by atoms with Gasteiger partial charge in [0, 0.05) is 24.2 Å². The van der Waals surface area contributed by atoms with E-state index in [4.69, 9.17) is 4.74 Å². The Balaban J connectivity index is 2.50. The zero-order chi connectivity index (χ0) is 11.1. The fraction of sp³-hybridized carbons (Fsp3) is 0.500. The van der Waals surface area contributed by atoms with E-state index in [1.807, 2.05) is 0 Å². The highest BCUT2D eigenvalue weighted by Gasteiger charge is 2.05. The van der Waals surface area contributed by atoms with Gasteiger partial charge in [-0.15, -0.1) is 0 Å². The number of aromatic nitrogens is 1. The molecule has 0 bridgehead atoms. The lowest BCUT2D eigenvalue weighted by molar-refractivity contribution is 0.0979. The summed E-state index contributed by atoms with van der Waals surface area (Å²) in [6.45, 7) is 2.12. The van der Waals surface area contributed by atoms with E-state index in [-0.39, 0.29) is 5.78 Å². The Morgan fingerprint density at radius 2 is 2.20 bits per heavy atom. The lowest BCUT2D eigenvalue weighted by Gasteiger charge is -2.01. The summed E-state index contributed by atoms with van der Waals surface area (Å²) in [6, 6.07) is 3.48. The smallest absolute Gasteiger partial charge is 0.212 e. The van der Waals surface area contributed by atoms with Gasteiger partial charge in [0.15, 0.2) is 5.78 Å². The van der Waals surface area contributed by atoms with Gasteiger partial charge in [-0.1, -0.05) is 19.8 Å². The monoisotopic (exact) mass is 207 g/mol. The number of unbranched alkanes of at least 4 members (excludes halogenated alkanes) is 2. The molecule has 1 aromatic rings. The van der Waals surface area contributed by atoms with Crippen LogP contribution in [0.25, 0.3) is 0 Å². The van der Waals surface area contributed by atoms with Crippen LogP contribution in [0.2, 0.25) is 0 Å². The predicted octanol–water partition coefficient (Wildman–Crippen LogP) is 2.85. The lowest BCUT2D eigenvalue weighted by atomic mass is 10.1. The summed E-state index contributed by atoms with van der Waals surface area (Å²) >= 11 is 0. The summed E-state index contributed by atoms with van der Waals surface area (Å²) < 4.78 is 4.93. The van der Waals surface area contributed by atoms with Crippen molar-refractivity contribution in [3.63, 3.8) is 0 Å². The number of ketones is 1. The zero-order valence-corrected chi connectivity index (χ0v) is 9.32. The first kappa shape index (κ1) is 11.7. The molecule has 0 unspecified atom stereocenters. The molecule has 3 nitrogen and oxygen atoms in total. The van der Waals surface area contributed by atoms with Crippen molar-refractivity contribution in [2.24, 2.45) is 0 Å². The first-order chi connectivity index (χ1) is 7.27. The van der Waals surface area contributed by atoms with Crippen molar-refractivity contribution in [1.29, 1.82) is 0 Å². The van der Waals surface area contributed by atoms with Gasteiger partial charge in [-0.3, -0.25) is 4.79 Å². The molecular weight excluding hydrogens is 190 g/mol. The Labute approximate surface area is 90.5 Å². The van der Waals surface area contributed by atoms with Gasteiger partial charge in [0.2, 0.25) is 5.88 Å². The third-order valence-corrected chi connectivity index (χ3v) is 2.27. The van der Waals surface area contributed by atoms with E-state index in [9.17, 15) is 4.79 Å². The lowest BCUT2D eigenvalue weighted by Crippen LogP contribution is -2.00. The number of pyridine rings is 1. The first-order valence-electron chi connectivity index (χ1n) is 5.31. The second-order valence-electron chi connectivity index (χ2n) is 3.47. The summed E-state index contributed by atoms with van der Waals surface area (Å²) in [5.74, 6) is 0.707. The molecule has 0 atom stereocenters. The topological polar surface area (TPSA) is 39.2 Å². The molecule has 3 heteroatoms. The van der Waals surface area contributed by atoms with Crippen molar-refractivity contribution in [3.8, 4) is 5.88 Å². The standard InChI is InChI=1S/C12H17NO2/c1-3-4-5-6-11(14)10-7-8-12(15-2)13-9-10/h7-9H,3-6H2,1-2H3. The minimum Gasteiger partial charge on any atom is -0.481 e. The third kappa shape index (κ3) is 3.70. The maximum absolute atomic E-state index is 11.6. The fourth-order valence-corrected chi connectivity index (χ4v) is 1.35. The molecule has 0 aliphatic carbocycles. The van der Waals surface area contributed by atoms with Crippen LogP contribution in [0.4, 0.5) is 0 Å². The summed E-state index contributed by atoms with van der Waals surface area (Å²) in [5.41, 5.74) is 0.673. The fourth-order valence-electron chi connectivity index (χ4n) is 1.35. The summed E-state index contributed by atoms with van der Waals surface area (Å²) in [6.07, 6.45) is 5.39. The third-order valence-electron chi connectivity index (χ3n) is 2.27. The molecule has 15 heavy (non-hydrogen) atoms. The van der Waals surface area contributed by atoms with Gasteiger partial charge >= 0.3 is 0 Å². The second kappa shape index (κ2) is 6.17. The van der Waals surface area contributed by atoms with Gasteiger partial charge in [0.05, 0.1) is 7.11 Å². The van der Waals surface area contributed by atoms with Crippen LogP contribution in [0.1, 0.15) is 43.0 Å². The molecule has 1 aromatic heterocycles. The van der Waals surface area contributed by atoms with E-state index in [1.165, 1.54) is 0 Å². The molecule has 0 amide bonds. The molecule has 0 saturated carbocycles. The van der Waals surface area contributed by atoms with Crippen LogP contribution in [0.3, 0.4) is 0 Å². The Bertz CT molecular complexity index is 306. The van der Waals surface area contributed by atoms with Crippen LogP contribution >= 0.6 is 0 Å². The van der Waals surface area contributed by atoms with Gasteiger partial charge in [0.25, 0.3) is 0 Å². The van der Waals surface area contributed by atoms with Crippen molar-refractivity contribution in [2.45, 2.75) is 32.6 Å². The largest absolute Gasteiger partial charge is 0.481 e. The molecule has 1 rings (SSSR count). The van der Waals surface area contributed by atoms with E-state index in [0.29, 0.717) is 17.9 Å². The normalized spacial score (nSPS) is 10.0. The van der Waals surface area contributed by atoms with E-state index in [0.717, 1.165) is 19.3 Å². The van der Waals surface area contributed by atoms with Crippen molar-refractivity contribution >= 4 is 5.78 Å². The van der Waals surface area contributed by atoms with Crippen LogP contribution < -0.4 is 4.74 Å². The molecule has 0 aromatic carbocycles. The molecule has 82 valence electrons.